The zero-order valence-electron chi connectivity index (χ0n) is 10.3. The lowest BCUT2D eigenvalue weighted by atomic mass is 10.2. The minimum atomic E-state index is 0.398. The molecule has 19 heavy (non-hydrogen) atoms. The van der Waals surface area contributed by atoms with Gasteiger partial charge in [0.15, 0.2) is 5.01 Å². The van der Waals surface area contributed by atoms with Crippen LogP contribution in [0.25, 0.3) is 10.9 Å². The summed E-state index contributed by atoms with van der Waals surface area (Å²) >= 11 is 1.48. The number of ether oxygens (including phenoxy) is 1. The van der Waals surface area contributed by atoms with Crippen LogP contribution in [0.5, 0.6) is 5.75 Å². The Kier molecular flexibility index (Phi) is 3.24. The Hall–Kier alpha value is -2.21. The van der Waals surface area contributed by atoms with Crippen molar-refractivity contribution in [2.24, 2.45) is 0 Å². The SMILES string of the molecule is CNc1nnc(COc2cccc3cccnc23)s1. The zero-order chi connectivity index (χ0) is 13.1. The van der Waals surface area contributed by atoms with E-state index in [0.717, 1.165) is 26.8 Å². The van der Waals surface area contributed by atoms with E-state index >= 15 is 0 Å². The van der Waals surface area contributed by atoms with Crippen molar-refractivity contribution in [2.75, 3.05) is 12.4 Å². The number of pyridine rings is 1. The number of nitrogens with zero attached hydrogens (tertiary/aromatic N) is 3. The Morgan fingerprint density at radius 1 is 1.21 bits per heavy atom. The average Bonchev–Trinajstić information content (AvgIpc) is 2.93. The third-order valence-corrected chi connectivity index (χ3v) is 3.54. The van der Waals surface area contributed by atoms with Crippen molar-refractivity contribution >= 4 is 27.4 Å². The molecule has 0 saturated heterocycles. The van der Waals surface area contributed by atoms with Crippen LogP contribution in [-0.2, 0) is 6.61 Å². The smallest absolute Gasteiger partial charge is 0.205 e. The molecule has 0 saturated carbocycles. The van der Waals surface area contributed by atoms with Gasteiger partial charge in [0.2, 0.25) is 5.13 Å². The van der Waals surface area contributed by atoms with E-state index < -0.39 is 0 Å². The van der Waals surface area contributed by atoms with E-state index in [4.69, 9.17) is 4.74 Å². The fraction of sp³-hybridized carbons (Fsp3) is 0.154. The summed E-state index contributed by atoms with van der Waals surface area (Å²) in [6, 6.07) is 9.81. The standard InChI is InChI=1S/C13H12N4OS/c1-14-13-17-16-11(19-13)8-18-10-6-2-4-9-5-3-7-15-12(9)10/h2-7H,8H2,1H3,(H,14,17). The Labute approximate surface area is 114 Å². The molecule has 0 aliphatic heterocycles. The fourth-order valence-corrected chi connectivity index (χ4v) is 2.35. The van der Waals surface area contributed by atoms with E-state index in [-0.39, 0.29) is 0 Å². The highest BCUT2D eigenvalue weighted by Crippen LogP contribution is 2.24. The van der Waals surface area contributed by atoms with Crippen LogP contribution in [0.2, 0.25) is 0 Å². The summed E-state index contributed by atoms with van der Waals surface area (Å²) in [6.45, 7) is 0.398. The lowest BCUT2D eigenvalue weighted by molar-refractivity contribution is 0.307. The van der Waals surface area contributed by atoms with Crippen LogP contribution in [0.15, 0.2) is 36.5 Å². The molecule has 0 radical (unpaired) electrons. The topological polar surface area (TPSA) is 59.9 Å². The number of benzene rings is 1. The van der Waals surface area contributed by atoms with Crippen molar-refractivity contribution in [3.8, 4) is 5.75 Å². The van der Waals surface area contributed by atoms with Gasteiger partial charge >= 0.3 is 0 Å². The van der Waals surface area contributed by atoms with Crippen LogP contribution in [0.1, 0.15) is 5.01 Å². The van der Waals surface area contributed by atoms with Gasteiger partial charge < -0.3 is 10.1 Å². The first-order valence-electron chi connectivity index (χ1n) is 5.83. The average molecular weight is 272 g/mol. The molecule has 0 spiro atoms. The van der Waals surface area contributed by atoms with Crippen molar-refractivity contribution in [1.29, 1.82) is 0 Å². The summed E-state index contributed by atoms with van der Waals surface area (Å²) in [4.78, 5) is 4.34. The third-order valence-electron chi connectivity index (χ3n) is 2.63. The molecular formula is C13H12N4OS. The molecule has 2 aromatic heterocycles. The van der Waals surface area contributed by atoms with Gasteiger partial charge in [0.05, 0.1) is 0 Å². The molecule has 0 bridgehead atoms. The summed E-state index contributed by atoms with van der Waals surface area (Å²) in [7, 11) is 1.82. The molecule has 1 aromatic carbocycles. The second-order valence-corrected chi connectivity index (χ2v) is 4.93. The van der Waals surface area contributed by atoms with Crippen molar-refractivity contribution in [2.45, 2.75) is 6.61 Å². The maximum atomic E-state index is 5.78. The van der Waals surface area contributed by atoms with E-state index in [2.05, 4.69) is 20.5 Å². The zero-order valence-corrected chi connectivity index (χ0v) is 11.1. The summed E-state index contributed by atoms with van der Waals surface area (Å²) in [5.74, 6) is 0.763. The molecule has 1 N–H and O–H groups in total. The van der Waals surface area contributed by atoms with Crippen LogP contribution in [0.4, 0.5) is 5.13 Å². The Balaban J connectivity index is 1.81. The Morgan fingerprint density at radius 3 is 2.95 bits per heavy atom. The van der Waals surface area contributed by atoms with Gasteiger partial charge in [-0.2, -0.15) is 0 Å². The number of fused-ring (bicyclic) bond motifs is 1. The number of anilines is 1. The number of para-hydroxylation sites is 1. The van der Waals surface area contributed by atoms with E-state index in [0.29, 0.717) is 6.61 Å². The minimum absolute atomic E-state index is 0.398. The molecule has 6 heteroatoms. The maximum Gasteiger partial charge on any atom is 0.205 e. The van der Waals surface area contributed by atoms with Crippen molar-refractivity contribution in [1.82, 2.24) is 15.2 Å². The lowest BCUT2D eigenvalue weighted by Crippen LogP contribution is -1.96. The van der Waals surface area contributed by atoms with Crippen LogP contribution in [0, 0.1) is 0 Å². The molecule has 0 amide bonds. The van der Waals surface area contributed by atoms with E-state index in [1.165, 1.54) is 11.3 Å². The summed E-state index contributed by atoms with van der Waals surface area (Å²) in [6.07, 6.45) is 1.76. The van der Waals surface area contributed by atoms with Gasteiger partial charge in [-0.15, -0.1) is 10.2 Å². The molecule has 0 fully saturated rings. The van der Waals surface area contributed by atoms with Crippen molar-refractivity contribution < 1.29 is 4.74 Å². The first-order valence-corrected chi connectivity index (χ1v) is 6.65. The monoisotopic (exact) mass is 272 g/mol. The molecule has 2 heterocycles. The van der Waals surface area contributed by atoms with Gasteiger partial charge in [-0.3, -0.25) is 4.98 Å². The van der Waals surface area contributed by atoms with Gasteiger partial charge in [-0.1, -0.05) is 29.5 Å². The van der Waals surface area contributed by atoms with Gasteiger partial charge in [-0.25, -0.2) is 0 Å². The van der Waals surface area contributed by atoms with E-state index in [1.54, 1.807) is 6.20 Å². The summed E-state index contributed by atoms with van der Waals surface area (Å²) in [5, 5.41) is 13.6. The number of aromatic nitrogens is 3. The fourth-order valence-electron chi connectivity index (χ4n) is 1.75. The molecule has 0 unspecified atom stereocenters. The van der Waals surface area contributed by atoms with E-state index in [1.807, 2.05) is 37.4 Å². The Morgan fingerprint density at radius 2 is 2.11 bits per heavy atom. The predicted octanol–water partition coefficient (Wildman–Crippen LogP) is 2.71. The maximum absolute atomic E-state index is 5.78. The summed E-state index contributed by atoms with van der Waals surface area (Å²) < 4.78 is 5.78. The molecular weight excluding hydrogens is 260 g/mol. The molecule has 3 aromatic rings. The lowest BCUT2D eigenvalue weighted by Gasteiger charge is -2.06. The second-order valence-electron chi connectivity index (χ2n) is 3.87. The number of hydrogen-bond acceptors (Lipinski definition) is 6. The molecule has 96 valence electrons. The largest absolute Gasteiger partial charge is 0.484 e. The van der Waals surface area contributed by atoms with Gasteiger partial charge in [-0.05, 0) is 12.1 Å². The number of hydrogen-bond donors (Lipinski definition) is 1. The molecule has 0 atom stereocenters. The van der Waals surface area contributed by atoms with Gasteiger partial charge in [0, 0.05) is 18.6 Å². The highest BCUT2D eigenvalue weighted by molar-refractivity contribution is 7.15. The molecule has 3 rings (SSSR count). The quantitative estimate of drug-likeness (QED) is 0.791. The first kappa shape index (κ1) is 11.9. The summed E-state index contributed by atoms with van der Waals surface area (Å²) in [5.41, 5.74) is 0.864. The van der Waals surface area contributed by atoms with Crippen molar-refractivity contribution in [3.63, 3.8) is 0 Å². The second kappa shape index (κ2) is 5.19. The highest BCUT2D eigenvalue weighted by atomic mass is 32.1. The number of rotatable bonds is 4. The normalized spacial score (nSPS) is 10.6. The molecule has 0 aliphatic rings. The van der Waals surface area contributed by atoms with Crippen molar-refractivity contribution in [3.05, 3.63) is 41.5 Å². The van der Waals surface area contributed by atoms with Crippen LogP contribution in [0.3, 0.4) is 0 Å². The van der Waals surface area contributed by atoms with Crippen LogP contribution in [-0.4, -0.2) is 22.2 Å². The first-order chi connectivity index (χ1) is 9.36. The van der Waals surface area contributed by atoms with Gasteiger partial charge in [0.25, 0.3) is 0 Å². The predicted molar refractivity (Wildman–Crippen MR) is 75.5 cm³/mol. The van der Waals surface area contributed by atoms with Crippen LogP contribution < -0.4 is 10.1 Å². The minimum Gasteiger partial charge on any atom is -0.484 e. The molecule has 0 aliphatic carbocycles. The highest BCUT2D eigenvalue weighted by Gasteiger charge is 2.06. The van der Waals surface area contributed by atoms with Crippen LogP contribution >= 0.6 is 11.3 Å². The van der Waals surface area contributed by atoms with Gasteiger partial charge in [0.1, 0.15) is 17.9 Å². The third kappa shape index (κ3) is 2.48. The molecule has 5 nitrogen and oxygen atoms in total. The van der Waals surface area contributed by atoms with E-state index in [9.17, 15) is 0 Å². The Bertz CT molecular complexity index is 692. The number of nitrogens with one attached hydrogen (secondary N) is 1.